The third-order valence-electron chi connectivity index (χ3n) is 5.49. The highest BCUT2D eigenvalue weighted by atomic mass is 32.2. The van der Waals surface area contributed by atoms with Gasteiger partial charge in [-0.15, -0.1) is 23.5 Å². The molecule has 2 heteroatoms. The van der Waals surface area contributed by atoms with Crippen LogP contribution < -0.4 is 0 Å². The Morgan fingerprint density at radius 2 is 1.21 bits per heavy atom. The molecule has 1 aromatic carbocycles. The molecule has 1 aromatic rings. The average molecular weight is 484 g/mol. The summed E-state index contributed by atoms with van der Waals surface area (Å²) in [5.74, 6) is 1.07. The summed E-state index contributed by atoms with van der Waals surface area (Å²) in [5.41, 5.74) is 8.42. The number of hydrogen-bond donors (Lipinski definition) is 0. The number of benzene rings is 1. The van der Waals surface area contributed by atoms with E-state index in [0.29, 0.717) is 0 Å². The molecule has 0 aliphatic heterocycles. The van der Waals surface area contributed by atoms with Crippen LogP contribution in [0.15, 0.2) is 63.6 Å². The van der Waals surface area contributed by atoms with Gasteiger partial charge in [-0.3, -0.25) is 0 Å². The van der Waals surface area contributed by atoms with Crippen LogP contribution in [0.4, 0.5) is 0 Å². The van der Waals surface area contributed by atoms with Gasteiger partial charge in [-0.05, 0) is 130 Å². The summed E-state index contributed by atoms with van der Waals surface area (Å²) in [6, 6.07) is 7.86. The van der Waals surface area contributed by atoms with E-state index in [-0.39, 0.29) is 4.08 Å². The summed E-state index contributed by atoms with van der Waals surface area (Å²) in [5, 5.41) is 0. The second kappa shape index (κ2) is 15.7. The van der Waals surface area contributed by atoms with Gasteiger partial charge in [-0.1, -0.05) is 46.6 Å². The van der Waals surface area contributed by atoms with Gasteiger partial charge in [0.2, 0.25) is 0 Å². The second-order valence-electron chi connectivity index (χ2n) is 10.0. The molecule has 0 heterocycles. The van der Waals surface area contributed by atoms with E-state index in [9.17, 15) is 0 Å². The van der Waals surface area contributed by atoms with Crippen LogP contribution in [0.5, 0.6) is 0 Å². The van der Waals surface area contributed by atoms with Crippen LogP contribution in [0.3, 0.4) is 0 Å². The van der Waals surface area contributed by atoms with E-state index in [1.165, 1.54) is 64.0 Å². The van der Waals surface area contributed by atoms with Gasteiger partial charge in [0.05, 0.1) is 4.08 Å². The van der Waals surface area contributed by atoms with Gasteiger partial charge in [0.1, 0.15) is 0 Å². The van der Waals surface area contributed by atoms with Crippen molar-refractivity contribution in [2.24, 2.45) is 0 Å². The van der Waals surface area contributed by atoms with E-state index < -0.39 is 0 Å². The first kappa shape index (κ1) is 29.9. The molecule has 1 radical (unpaired) electrons. The highest BCUT2D eigenvalue weighted by Crippen LogP contribution is 2.41. The monoisotopic (exact) mass is 483 g/mol. The maximum absolute atomic E-state index is 3.37. The SMILES string of the molecule is CC(C)=CCC/C(C)=C/CC/C(C)=C/CC/C(C)=C/CSC(C)(C)Sc1cc(C)[c]c(C)c1. The fraction of sp³-hybridized carbons (Fsp3) is 0.548. The fourth-order valence-corrected chi connectivity index (χ4v) is 6.13. The van der Waals surface area contributed by atoms with E-state index >= 15 is 0 Å². The Morgan fingerprint density at radius 1 is 0.758 bits per heavy atom. The zero-order valence-electron chi connectivity index (χ0n) is 22.7. The van der Waals surface area contributed by atoms with E-state index in [1.807, 2.05) is 23.5 Å². The minimum atomic E-state index is 0.158. The zero-order chi connectivity index (χ0) is 24.9. The van der Waals surface area contributed by atoms with Crippen molar-refractivity contribution in [1.29, 1.82) is 0 Å². The summed E-state index contributed by atoms with van der Waals surface area (Å²) in [6.45, 7) is 20.1. The Kier molecular flexibility index (Phi) is 14.2. The Balaban J connectivity index is 2.35. The molecule has 33 heavy (non-hydrogen) atoms. The average Bonchev–Trinajstić information content (AvgIpc) is 2.66. The van der Waals surface area contributed by atoms with Crippen molar-refractivity contribution in [1.82, 2.24) is 0 Å². The fourth-order valence-electron chi connectivity index (χ4n) is 3.60. The third kappa shape index (κ3) is 15.4. The minimum absolute atomic E-state index is 0.158. The lowest BCUT2D eigenvalue weighted by atomic mass is 10.0. The van der Waals surface area contributed by atoms with Gasteiger partial charge in [-0.25, -0.2) is 0 Å². The van der Waals surface area contributed by atoms with Crippen LogP contribution in [0.25, 0.3) is 0 Å². The molecule has 0 nitrogen and oxygen atoms in total. The van der Waals surface area contributed by atoms with Crippen molar-refractivity contribution >= 4 is 23.5 Å². The van der Waals surface area contributed by atoms with Crippen molar-refractivity contribution in [2.45, 2.75) is 110 Å². The minimum Gasteiger partial charge on any atom is -0.140 e. The predicted molar refractivity (Wildman–Crippen MR) is 156 cm³/mol. The largest absolute Gasteiger partial charge is 0.140 e. The van der Waals surface area contributed by atoms with Gasteiger partial charge in [0.25, 0.3) is 0 Å². The highest BCUT2D eigenvalue weighted by molar-refractivity contribution is 8.18. The van der Waals surface area contributed by atoms with E-state index in [2.05, 4.69) is 105 Å². The number of rotatable bonds is 14. The van der Waals surface area contributed by atoms with Gasteiger partial charge in [0.15, 0.2) is 0 Å². The lowest BCUT2D eigenvalue weighted by Crippen LogP contribution is -2.09. The van der Waals surface area contributed by atoms with Gasteiger partial charge in [0, 0.05) is 10.6 Å². The Bertz CT molecular complexity index is 825. The standard InChI is InChI=1S/C31H47S2/c1-24(2)13-10-14-25(3)15-11-16-26(4)17-12-18-27(5)19-20-32-31(8,9)33-30-22-28(6)21-29(7)23-30/h13,15,17,19,22-23H,10-12,14,16,18,20H2,1-9H3/b25-15+,26-17+,27-19+. The molecule has 0 N–H and O–H groups in total. The number of allylic oxidation sites excluding steroid dienone is 7. The smallest absolute Gasteiger partial charge is 0.0605 e. The van der Waals surface area contributed by atoms with E-state index in [0.717, 1.165) is 18.6 Å². The van der Waals surface area contributed by atoms with Crippen LogP contribution in [0, 0.1) is 19.9 Å². The maximum Gasteiger partial charge on any atom is 0.0605 e. The van der Waals surface area contributed by atoms with E-state index in [4.69, 9.17) is 0 Å². The summed E-state index contributed by atoms with van der Waals surface area (Å²) >= 11 is 3.98. The molecule has 0 saturated heterocycles. The molecule has 0 amide bonds. The van der Waals surface area contributed by atoms with Crippen LogP contribution in [-0.2, 0) is 0 Å². The van der Waals surface area contributed by atoms with Crippen LogP contribution in [0.2, 0.25) is 0 Å². The molecule has 1 rings (SSSR count). The molecule has 0 fully saturated rings. The molecule has 0 aromatic heterocycles. The number of hydrogen-bond acceptors (Lipinski definition) is 2. The normalized spacial score (nSPS) is 13.4. The Hall–Kier alpha value is -1.12. The summed E-state index contributed by atoms with van der Waals surface area (Å²) in [4.78, 5) is 1.35. The first-order valence-electron chi connectivity index (χ1n) is 12.4. The van der Waals surface area contributed by atoms with Crippen LogP contribution in [0.1, 0.15) is 98.1 Å². The van der Waals surface area contributed by atoms with Crippen LogP contribution in [-0.4, -0.2) is 9.83 Å². The van der Waals surface area contributed by atoms with Crippen molar-refractivity contribution in [3.05, 3.63) is 75.9 Å². The van der Waals surface area contributed by atoms with Gasteiger partial charge < -0.3 is 0 Å². The summed E-state index contributed by atoms with van der Waals surface area (Å²) < 4.78 is 0.158. The zero-order valence-corrected chi connectivity index (χ0v) is 24.4. The molecule has 0 unspecified atom stereocenters. The Morgan fingerprint density at radius 3 is 1.70 bits per heavy atom. The number of aryl methyl sites for hydroxylation is 2. The molecule has 0 saturated carbocycles. The van der Waals surface area contributed by atoms with Crippen molar-refractivity contribution < 1.29 is 0 Å². The quantitative estimate of drug-likeness (QED) is 0.147. The molecule has 0 atom stereocenters. The molecule has 0 spiro atoms. The van der Waals surface area contributed by atoms with Crippen LogP contribution >= 0.6 is 23.5 Å². The first-order valence-corrected chi connectivity index (χ1v) is 14.2. The van der Waals surface area contributed by atoms with Gasteiger partial charge in [-0.2, -0.15) is 0 Å². The Labute approximate surface area is 214 Å². The highest BCUT2D eigenvalue weighted by Gasteiger charge is 2.19. The van der Waals surface area contributed by atoms with Crippen molar-refractivity contribution in [3.63, 3.8) is 0 Å². The molecular weight excluding hydrogens is 436 g/mol. The molecule has 0 aliphatic carbocycles. The molecule has 0 bridgehead atoms. The molecule has 0 aliphatic rings. The van der Waals surface area contributed by atoms with Crippen molar-refractivity contribution in [2.75, 3.05) is 5.75 Å². The second-order valence-corrected chi connectivity index (χ2v) is 13.6. The maximum atomic E-state index is 3.37. The number of thioether (sulfide) groups is 2. The van der Waals surface area contributed by atoms with Crippen molar-refractivity contribution in [3.8, 4) is 0 Å². The first-order chi connectivity index (χ1) is 15.5. The van der Waals surface area contributed by atoms with Gasteiger partial charge >= 0.3 is 0 Å². The third-order valence-corrected chi connectivity index (χ3v) is 8.09. The lowest BCUT2D eigenvalue weighted by molar-refractivity contribution is 0.899. The predicted octanol–water partition coefficient (Wildman–Crippen LogP) is 10.8. The summed E-state index contributed by atoms with van der Waals surface area (Å²) in [6.07, 6.45) is 16.6. The lowest BCUT2D eigenvalue weighted by Gasteiger charge is -2.23. The summed E-state index contributed by atoms with van der Waals surface area (Å²) in [7, 11) is 0. The molecular formula is C31H47S2. The molecule has 183 valence electrons. The van der Waals surface area contributed by atoms with E-state index in [1.54, 1.807) is 0 Å². The topological polar surface area (TPSA) is 0 Å².